The van der Waals surface area contributed by atoms with Gasteiger partial charge in [-0.1, -0.05) is 30.3 Å². The number of aliphatic hydroxyl groups excluding tert-OH is 1. The zero-order chi connectivity index (χ0) is 14.5. The summed E-state index contributed by atoms with van der Waals surface area (Å²) in [5.41, 5.74) is -0.213. The molecule has 0 aromatic heterocycles. The third kappa shape index (κ3) is 4.65. The van der Waals surface area contributed by atoms with E-state index in [0.717, 1.165) is 5.56 Å². The summed E-state index contributed by atoms with van der Waals surface area (Å²) in [4.78, 5) is 11.4. The molecule has 1 aromatic rings. The van der Waals surface area contributed by atoms with Crippen molar-refractivity contribution in [1.82, 2.24) is 0 Å². The van der Waals surface area contributed by atoms with E-state index in [-0.39, 0.29) is 0 Å². The first-order valence-corrected chi connectivity index (χ1v) is 6.48. The number of carboxylic acids is 1. The van der Waals surface area contributed by atoms with Gasteiger partial charge in [0.15, 0.2) is 5.60 Å². The molecular weight excluding hydrogens is 244 g/mol. The molecule has 0 bridgehead atoms. The van der Waals surface area contributed by atoms with Crippen molar-refractivity contribution >= 4 is 5.97 Å². The molecule has 106 valence electrons. The van der Waals surface area contributed by atoms with Crippen molar-refractivity contribution in [3.63, 3.8) is 0 Å². The number of aliphatic hydroxyl groups is 1. The molecule has 0 saturated heterocycles. The van der Waals surface area contributed by atoms with E-state index in [1.54, 1.807) is 20.8 Å². The first kappa shape index (κ1) is 15.7. The second-order valence-electron chi connectivity index (χ2n) is 5.09. The van der Waals surface area contributed by atoms with Gasteiger partial charge >= 0.3 is 5.97 Å². The number of hydrogen-bond donors (Lipinski definition) is 2. The Balaban J connectivity index is 2.69. The smallest absolute Gasteiger partial charge is 0.335 e. The number of carboxylic acid groups (broad SMARTS) is 1. The van der Waals surface area contributed by atoms with Crippen LogP contribution in [0.15, 0.2) is 30.3 Å². The molecule has 0 fully saturated rings. The molecule has 0 heterocycles. The van der Waals surface area contributed by atoms with E-state index >= 15 is 0 Å². The Bertz CT molecular complexity index is 402. The molecule has 4 nitrogen and oxygen atoms in total. The Kier molecular flexibility index (Phi) is 5.51. The van der Waals surface area contributed by atoms with Crippen LogP contribution in [0.25, 0.3) is 0 Å². The van der Waals surface area contributed by atoms with Crippen LogP contribution in [0.1, 0.15) is 32.8 Å². The molecule has 0 amide bonds. The average Bonchev–Trinajstić information content (AvgIpc) is 2.37. The molecule has 4 heteroatoms. The molecule has 0 saturated carbocycles. The van der Waals surface area contributed by atoms with Crippen LogP contribution in [0.4, 0.5) is 0 Å². The summed E-state index contributed by atoms with van der Waals surface area (Å²) in [6.45, 7) is 4.82. The Morgan fingerprint density at radius 3 is 2.37 bits per heavy atom. The second-order valence-corrected chi connectivity index (χ2v) is 5.09. The fourth-order valence-corrected chi connectivity index (χ4v) is 1.75. The molecule has 0 aliphatic heterocycles. The summed E-state index contributed by atoms with van der Waals surface area (Å²) in [5, 5.41) is 18.8. The van der Waals surface area contributed by atoms with Gasteiger partial charge in [-0.2, -0.15) is 0 Å². The van der Waals surface area contributed by atoms with E-state index in [1.807, 2.05) is 30.3 Å². The van der Waals surface area contributed by atoms with Crippen LogP contribution >= 0.6 is 0 Å². The fourth-order valence-electron chi connectivity index (χ4n) is 1.75. The van der Waals surface area contributed by atoms with Crippen LogP contribution in [0.3, 0.4) is 0 Å². The highest BCUT2D eigenvalue weighted by Crippen LogP contribution is 2.22. The zero-order valence-electron chi connectivity index (χ0n) is 11.7. The van der Waals surface area contributed by atoms with Gasteiger partial charge < -0.3 is 14.9 Å². The maximum absolute atomic E-state index is 11.4. The van der Waals surface area contributed by atoms with E-state index in [9.17, 15) is 15.0 Å². The van der Waals surface area contributed by atoms with Crippen molar-refractivity contribution in [2.24, 2.45) is 0 Å². The van der Waals surface area contributed by atoms with Crippen LogP contribution in [0.5, 0.6) is 0 Å². The summed E-state index contributed by atoms with van der Waals surface area (Å²) >= 11 is 0. The van der Waals surface area contributed by atoms with Gasteiger partial charge in [-0.25, -0.2) is 4.79 Å². The topological polar surface area (TPSA) is 66.8 Å². The average molecular weight is 266 g/mol. The van der Waals surface area contributed by atoms with Crippen LogP contribution in [0, 0.1) is 0 Å². The van der Waals surface area contributed by atoms with Crippen LogP contribution in [0.2, 0.25) is 0 Å². The molecule has 3 unspecified atom stereocenters. The van der Waals surface area contributed by atoms with Gasteiger partial charge in [0, 0.05) is 0 Å². The van der Waals surface area contributed by atoms with Crippen LogP contribution in [-0.4, -0.2) is 34.0 Å². The molecule has 0 aliphatic rings. The number of ether oxygens (including phenoxy) is 1. The normalized spacial score (nSPS) is 17.5. The Hall–Kier alpha value is -1.39. The fraction of sp³-hybridized carbons (Fsp3) is 0.533. The lowest BCUT2D eigenvalue weighted by atomic mass is 9.96. The van der Waals surface area contributed by atoms with Gasteiger partial charge in [0.1, 0.15) is 0 Å². The SMILES string of the molecule is CC(O)C(C)OC(C)(CCc1ccccc1)C(=O)O. The van der Waals surface area contributed by atoms with E-state index in [1.165, 1.54) is 0 Å². The van der Waals surface area contributed by atoms with Gasteiger partial charge in [-0.05, 0) is 39.2 Å². The number of aliphatic carboxylic acids is 1. The van der Waals surface area contributed by atoms with E-state index in [0.29, 0.717) is 12.8 Å². The molecular formula is C15H22O4. The quantitative estimate of drug-likeness (QED) is 0.794. The highest BCUT2D eigenvalue weighted by Gasteiger charge is 2.36. The summed E-state index contributed by atoms with van der Waals surface area (Å²) < 4.78 is 5.53. The number of carbonyl (C=O) groups is 1. The summed E-state index contributed by atoms with van der Waals surface area (Å²) in [6, 6.07) is 9.69. The minimum absolute atomic E-state index is 0.364. The monoisotopic (exact) mass is 266 g/mol. The van der Waals surface area contributed by atoms with Gasteiger partial charge in [-0.15, -0.1) is 0 Å². The van der Waals surface area contributed by atoms with Crippen molar-refractivity contribution in [3.8, 4) is 0 Å². The predicted octanol–water partition coefficient (Wildman–Crippen LogP) is 2.25. The number of hydrogen-bond acceptors (Lipinski definition) is 3. The van der Waals surface area contributed by atoms with Crippen molar-refractivity contribution in [2.75, 3.05) is 0 Å². The molecule has 2 N–H and O–H groups in total. The van der Waals surface area contributed by atoms with E-state index < -0.39 is 23.8 Å². The lowest BCUT2D eigenvalue weighted by molar-refractivity contribution is -0.177. The zero-order valence-corrected chi connectivity index (χ0v) is 11.7. The lowest BCUT2D eigenvalue weighted by Crippen LogP contribution is -2.44. The standard InChI is InChI=1S/C15H22O4/c1-11(16)12(2)19-15(3,14(17)18)10-9-13-7-5-4-6-8-13/h4-8,11-12,16H,9-10H2,1-3H3,(H,17,18). The number of benzene rings is 1. The molecule has 19 heavy (non-hydrogen) atoms. The minimum atomic E-state index is -1.29. The third-order valence-corrected chi connectivity index (χ3v) is 3.31. The van der Waals surface area contributed by atoms with Gasteiger partial charge in [0.25, 0.3) is 0 Å². The number of rotatable bonds is 7. The summed E-state index contributed by atoms with van der Waals surface area (Å²) in [6.07, 6.45) is -0.230. The molecule has 0 aliphatic carbocycles. The van der Waals surface area contributed by atoms with Gasteiger partial charge in [-0.3, -0.25) is 0 Å². The summed E-state index contributed by atoms with van der Waals surface area (Å²) in [7, 11) is 0. The summed E-state index contributed by atoms with van der Waals surface area (Å²) in [5.74, 6) is -1.00. The van der Waals surface area contributed by atoms with Crippen LogP contribution < -0.4 is 0 Å². The number of aryl methyl sites for hydroxylation is 1. The lowest BCUT2D eigenvalue weighted by Gasteiger charge is -2.30. The third-order valence-electron chi connectivity index (χ3n) is 3.31. The van der Waals surface area contributed by atoms with Gasteiger partial charge in [0.2, 0.25) is 0 Å². The highest BCUT2D eigenvalue weighted by atomic mass is 16.5. The Morgan fingerprint density at radius 1 is 1.32 bits per heavy atom. The van der Waals surface area contributed by atoms with Gasteiger partial charge in [0.05, 0.1) is 12.2 Å². The predicted molar refractivity (Wildman–Crippen MR) is 73.0 cm³/mol. The van der Waals surface area contributed by atoms with E-state index in [2.05, 4.69) is 0 Å². The minimum Gasteiger partial charge on any atom is -0.479 e. The van der Waals surface area contributed by atoms with E-state index in [4.69, 9.17) is 4.74 Å². The maximum Gasteiger partial charge on any atom is 0.335 e. The molecule has 0 spiro atoms. The molecule has 0 radical (unpaired) electrons. The van der Waals surface area contributed by atoms with Crippen LogP contribution in [-0.2, 0) is 16.0 Å². The molecule has 1 aromatic carbocycles. The highest BCUT2D eigenvalue weighted by molar-refractivity contribution is 5.76. The maximum atomic E-state index is 11.4. The molecule has 3 atom stereocenters. The first-order valence-electron chi connectivity index (χ1n) is 6.48. The Morgan fingerprint density at radius 2 is 1.89 bits per heavy atom. The largest absolute Gasteiger partial charge is 0.479 e. The second kappa shape index (κ2) is 6.68. The Labute approximate surface area is 114 Å². The molecule has 1 rings (SSSR count). The van der Waals surface area contributed by atoms with Crippen molar-refractivity contribution in [3.05, 3.63) is 35.9 Å². The van der Waals surface area contributed by atoms with Crippen molar-refractivity contribution in [1.29, 1.82) is 0 Å². The van der Waals surface area contributed by atoms with Crippen molar-refractivity contribution in [2.45, 2.75) is 51.4 Å². The van der Waals surface area contributed by atoms with Crippen molar-refractivity contribution < 1.29 is 19.7 Å². The first-order chi connectivity index (χ1) is 8.85.